The van der Waals surface area contributed by atoms with Gasteiger partial charge in [-0.15, -0.1) is 0 Å². The maximum Gasteiger partial charge on any atom is 0.276 e. The molecule has 1 amide bonds. The van der Waals surface area contributed by atoms with Crippen LogP contribution in [0.1, 0.15) is 23.1 Å². The molecule has 0 spiro atoms. The van der Waals surface area contributed by atoms with Crippen molar-refractivity contribution in [3.05, 3.63) is 41.5 Å². The number of nitrogens with zero attached hydrogens (tertiary/aromatic N) is 2. The highest BCUT2D eigenvalue weighted by Crippen LogP contribution is 2.19. The van der Waals surface area contributed by atoms with Gasteiger partial charge in [0.05, 0.1) is 17.1 Å². The van der Waals surface area contributed by atoms with Crippen molar-refractivity contribution in [1.29, 1.82) is 0 Å². The third-order valence-electron chi connectivity index (χ3n) is 2.81. The van der Waals surface area contributed by atoms with Gasteiger partial charge in [-0.2, -0.15) is 5.10 Å². The molecule has 0 aliphatic heterocycles. The van der Waals surface area contributed by atoms with Gasteiger partial charge in [-0.3, -0.25) is 9.48 Å². The molecular weight excluding hydrogens is 247 g/mol. The number of carbonyl (C=O) groups is 1. The Morgan fingerprint density at radius 2 is 2.16 bits per heavy atom. The third kappa shape index (κ3) is 2.42. The predicted molar refractivity (Wildman–Crippen MR) is 71.4 cm³/mol. The van der Waals surface area contributed by atoms with Gasteiger partial charge in [0.1, 0.15) is 11.5 Å². The van der Waals surface area contributed by atoms with Gasteiger partial charge in [0, 0.05) is 6.54 Å². The standard InChI is InChI=1S/C13H15FN4O/c1-3-18-12(11(15)8(2)17-18)13(19)16-10-7-5-4-6-9(10)14/h4-7H,3,15H2,1-2H3,(H,16,19). The number of anilines is 2. The van der Waals surface area contributed by atoms with Crippen LogP contribution in [0.2, 0.25) is 0 Å². The summed E-state index contributed by atoms with van der Waals surface area (Å²) in [5.41, 5.74) is 7.10. The lowest BCUT2D eigenvalue weighted by Gasteiger charge is -2.08. The summed E-state index contributed by atoms with van der Waals surface area (Å²) in [6, 6.07) is 5.97. The summed E-state index contributed by atoms with van der Waals surface area (Å²) in [6.45, 7) is 4.09. The summed E-state index contributed by atoms with van der Waals surface area (Å²) in [5.74, 6) is -0.959. The van der Waals surface area contributed by atoms with Crippen molar-refractivity contribution in [3.8, 4) is 0 Å². The van der Waals surface area contributed by atoms with Gasteiger partial charge in [0.15, 0.2) is 0 Å². The zero-order chi connectivity index (χ0) is 14.0. The van der Waals surface area contributed by atoms with Crippen LogP contribution in [-0.4, -0.2) is 15.7 Å². The normalized spacial score (nSPS) is 10.5. The zero-order valence-electron chi connectivity index (χ0n) is 10.8. The van der Waals surface area contributed by atoms with Crippen molar-refractivity contribution in [2.75, 3.05) is 11.1 Å². The number of hydrogen-bond donors (Lipinski definition) is 2. The first-order valence-electron chi connectivity index (χ1n) is 5.93. The second-order valence-electron chi connectivity index (χ2n) is 4.10. The van der Waals surface area contributed by atoms with Crippen LogP contribution in [0, 0.1) is 12.7 Å². The van der Waals surface area contributed by atoms with E-state index in [9.17, 15) is 9.18 Å². The van der Waals surface area contributed by atoms with Gasteiger partial charge in [-0.1, -0.05) is 12.1 Å². The first-order chi connectivity index (χ1) is 9.04. The van der Waals surface area contributed by atoms with Gasteiger partial charge < -0.3 is 11.1 Å². The minimum atomic E-state index is -0.492. The van der Waals surface area contributed by atoms with E-state index >= 15 is 0 Å². The van der Waals surface area contributed by atoms with Crippen LogP contribution < -0.4 is 11.1 Å². The van der Waals surface area contributed by atoms with Gasteiger partial charge in [0.2, 0.25) is 0 Å². The van der Waals surface area contributed by atoms with Gasteiger partial charge in [-0.05, 0) is 26.0 Å². The Morgan fingerprint density at radius 1 is 1.47 bits per heavy atom. The van der Waals surface area contributed by atoms with Crippen LogP contribution in [0.5, 0.6) is 0 Å². The van der Waals surface area contributed by atoms with Crippen molar-refractivity contribution < 1.29 is 9.18 Å². The van der Waals surface area contributed by atoms with Crippen molar-refractivity contribution in [1.82, 2.24) is 9.78 Å². The molecule has 1 heterocycles. The Balaban J connectivity index is 2.33. The Morgan fingerprint density at radius 3 is 2.79 bits per heavy atom. The molecule has 1 aromatic heterocycles. The van der Waals surface area contributed by atoms with Crippen LogP contribution in [0.3, 0.4) is 0 Å². The van der Waals surface area contributed by atoms with E-state index in [1.54, 1.807) is 19.1 Å². The Hall–Kier alpha value is -2.37. The van der Waals surface area contributed by atoms with Gasteiger partial charge in [0.25, 0.3) is 5.91 Å². The Bertz CT molecular complexity index is 621. The predicted octanol–water partition coefficient (Wildman–Crippen LogP) is 2.19. The SMILES string of the molecule is CCn1nc(C)c(N)c1C(=O)Nc1ccccc1F. The molecular formula is C13H15FN4O. The van der Waals surface area contributed by atoms with Crippen molar-refractivity contribution >= 4 is 17.3 Å². The van der Waals surface area contributed by atoms with Crippen molar-refractivity contribution in [2.45, 2.75) is 20.4 Å². The summed E-state index contributed by atoms with van der Waals surface area (Å²) in [6.07, 6.45) is 0. The summed E-state index contributed by atoms with van der Waals surface area (Å²) < 4.78 is 15.0. The van der Waals surface area contributed by atoms with Crippen molar-refractivity contribution in [2.24, 2.45) is 0 Å². The molecule has 2 aromatic rings. The number of aromatic nitrogens is 2. The number of nitrogen functional groups attached to an aromatic ring is 1. The number of hydrogen-bond acceptors (Lipinski definition) is 3. The fraction of sp³-hybridized carbons (Fsp3) is 0.231. The summed E-state index contributed by atoms with van der Waals surface area (Å²) in [5, 5.41) is 6.65. The van der Waals surface area contributed by atoms with Crippen LogP contribution in [0.15, 0.2) is 24.3 Å². The molecule has 0 fully saturated rings. The quantitative estimate of drug-likeness (QED) is 0.890. The lowest BCUT2D eigenvalue weighted by molar-refractivity contribution is 0.101. The zero-order valence-corrected chi connectivity index (χ0v) is 10.8. The number of para-hydroxylation sites is 1. The van der Waals surface area contributed by atoms with E-state index in [2.05, 4.69) is 10.4 Å². The largest absolute Gasteiger partial charge is 0.395 e. The monoisotopic (exact) mass is 262 g/mol. The maximum absolute atomic E-state index is 13.5. The first-order valence-corrected chi connectivity index (χ1v) is 5.93. The van der Waals surface area contributed by atoms with E-state index in [0.29, 0.717) is 17.9 Å². The first kappa shape index (κ1) is 13.1. The van der Waals surface area contributed by atoms with Crippen LogP contribution in [-0.2, 0) is 6.54 Å². The average Bonchev–Trinajstić information content (AvgIpc) is 2.68. The van der Waals surface area contributed by atoms with E-state index in [1.807, 2.05) is 6.92 Å². The lowest BCUT2D eigenvalue weighted by Crippen LogP contribution is -2.19. The van der Waals surface area contributed by atoms with E-state index in [0.717, 1.165) is 0 Å². The molecule has 0 aliphatic rings. The highest BCUT2D eigenvalue weighted by atomic mass is 19.1. The van der Waals surface area contributed by atoms with Crippen LogP contribution in [0.4, 0.5) is 15.8 Å². The molecule has 19 heavy (non-hydrogen) atoms. The molecule has 0 bridgehead atoms. The molecule has 0 radical (unpaired) electrons. The third-order valence-corrected chi connectivity index (χ3v) is 2.81. The van der Waals surface area contributed by atoms with Gasteiger partial charge in [-0.25, -0.2) is 4.39 Å². The number of rotatable bonds is 3. The van der Waals surface area contributed by atoms with E-state index in [1.165, 1.54) is 16.8 Å². The molecule has 0 saturated heterocycles. The fourth-order valence-electron chi connectivity index (χ4n) is 1.81. The van der Waals surface area contributed by atoms with Gasteiger partial charge >= 0.3 is 0 Å². The van der Waals surface area contributed by atoms with Crippen molar-refractivity contribution in [3.63, 3.8) is 0 Å². The summed E-state index contributed by atoms with van der Waals surface area (Å²) in [4.78, 5) is 12.2. The molecule has 0 unspecified atom stereocenters. The topological polar surface area (TPSA) is 72.9 Å². The van der Waals surface area contributed by atoms with E-state index in [-0.39, 0.29) is 11.4 Å². The number of aryl methyl sites for hydroxylation is 2. The Labute approximate surface area is 110 Å². The summed E-state index contributed by atoms with van der Waals surface area (Å²) >= 11 is 0. The molecule has 0 aliphatic carbocycles. The smallest absolute Gasteiger partial charge is 0.276 e. The summed E-state index contributed by atoms with van der Waals surface area (Å²) in [7, 11) is 0. The highest BCUT2D eigenvalue weighted by molar-refractivity contribution is 6.06. The molecule has 0 atom stereocenters. The molecule has 6 heteroatoms. The fourth-order valence-corrected chi connectivity index (χ4v) is 1.81. The minimum absolute atomic E-state index is 0.119. The second-order valence-corrected chi connectivity index (χ2v) is 4.10. The number of nitrogens with two attached hydrogens (primary N) is 1. The Kier molecular flexibility index (Phi) is 3.50. The van der Waals surface area contributed by atoms with E-state index < -0.39 is 11.7 Å². The molecule has 5 nitrogen and oxygen atoms in total. The molecule has 2 rings (SSSR count). The average molecular weight is 262 g/mol. The highest BCUT2D eigenvalue weighted by Gasteiger charge is 2.19. The second kappa shape index (κ2) is 5.09. The number of benzene rings is 1. The van der Waals surface area contributed by atoms with Crippen LogP contribution >= 0.6 is 0 Å². The molecule has 100 valence electrons. The lowest BCUT2D eigenvalue weighted by atomic mass is 10.2. The molecule has 1 aromatic carbocycles. The van der Waals surface area contributed by atoms with E-state index in [4.69, 9.17) is 5.73 Å². The van der Waals surface area contributed by atoms with Crippen LogP contribution in [0.25, 0.3) is 0 Å². The number of nitrogens with one attached hydrogen (secondary N) is 1. The molecule has 3 N–H and O–H groups in total. The number of halogens is 1. The minimum Gasteiger partial charge on any atom is -0.395 e. The number of carbonyl (C=O) groups excluding carboxylic acids is 1. The maximum atomic E-state index is 13.5. The molecule has 0 saturated carbocycles. The number of amides is 1.